The summed E-state index contributed by atoms with van der Waals surface area (Å²) >= 11 is 0. The molecule has 0 aliphatic rings. The maximum atomic E-state index is 11.3. The van der Waals surface area contributed by atoms with Crippen LogP contribution < -0.4 is 5.32 Å². The van der Waals surface area contributed by atoms with E-state index in [-0.39, 0.29) is 17.5 Å². The molecule has 4 nitrogen and oxygen atoms in total. The third kappa shape index (κ3) is 8.84. The molecule has 0 spiro atoms. The number of rotatable bonds is 9. The van der Waals surface area contributed by atoms with E-state index in [2.05, 4.69) is 5.32 Å². The summed E-state index contributed by atoms with van der Waals surface area (Å²) in [7, 11) is -2.86. The molecule has 0 aromatic rings. The lowest BCUT2D eigenvalue weighted by molar-refractivity contribution is 0.144. The Kier molecular flexibility index (Phi) is 8.00. The first kappa shape index (κ1) is 14.9. The summed E-state index contributed by atoms with van der Waals surface area (Å²) in [6.45, 7) is 7.81. The fourth-order valence-corrected chi connectivity index (χ4v) is 2.34. The predicted octanol–water partition coefficient (Wildman–Crippen LogP) is 0.826. The summed E-state index contributed by atoms with van der Waals surface area (Å²) in [5.74, 6) is 0.441. The van der Waals surface area contributed by atoms with Crippen molar-refractivity contribution in [2.75, 3.05) is 31.3 Å². The van der Waals surface area contributed by atoms with Crippen molar-refractivity contribution < 1.29 is 13.2 Å². The molecule has 0 aromatic carbocycles. The van der Waals surface area contributed by atoms with Gasteiger partial charge >= 0.3 is 0 Å². The second kappa shape index (κ2) is 8.07. The predicted molar refractivity (Wildman–Crippen MR) is 62.9 cm³/mol. The Morgan fingerprint density at radius 2 is 2.00 bits per heavy atom. The Labute approximate surface area is 93.3 Å². The fourth-order valence-electron chi connectivity index (χ4n) is 1.22. The van der Waals surface area contributed by atoms with Crippen LogP contribution in [0.3, 0.4) is 0 Å². The van der Waals surface area contributed by atoms with Crippen molar-refractivity contribution in [3.63, 3.8) is 0 Å². The molecule has 0 radical (unpaired) electrons. The van der Waals surface area contributed by atoms with Crippen molar-refractivity contribution in [2.45, 2.75) is 33.2 Å². The van der Waals surface area contributed by atoms with Crippen LogP contribution in [-0.2, 0) is 14.6 Å². The quantitative estimate of drug-likeness (QED) is 0.603. The maximum Gasteiger partial charge on any atom is 0.151 e. The standard InChI is InChI=1S/C10H23NO3S/c1-4-14-8-6-7-11-10(3)9-15(12,13)5-2/h10-11H,4-9H2,1-3H3. The van der Waals surface area contributed by atoms with Crippen LogP contribution in [-0.4, -0.2) is 45.7 Å². The molecule has 92 valence electrons. The van der Waals surface area contributed by atoms with Gasteiger partial charge in [-0.25, -0.2) is 8.42 Å². The Morgan fingerprint density at radius 1 is 1.33 bits per heavy atom. The normalized spacial score (nSPS) is 14.1. The van der Waals surface area contributed by atoms with E-state index in [1.165, 1.54) is 0 Å². The van der Waals surface area contributed by atoms with E-state index in [0.29, 0.717) is 0 Å². The van der Waals surface area contributed by atoms with Crippen LogP contribution in [0.25, 0.3) is 0 Å². The first-order chi connectivity index (χ1) is 7.02. The molecule has 0 amide bonds. The first-order valence-corrected chi connectivity index (χ1v) is 7.35. The highest BCUT2D eigenvalue weighted by atomic mass is 32.2. The largest absolute Gasteiger partial charge is 0.382 e. The van der Waals surface area contributed by atoms with Gasteiger partial charge in [-0.15, -0.1) is 0 Å². The number of nitrogens with one attached hydrogen (secondary N) is 1. The van der Waals surface area contributed by atoms with Crippen LogP contribution >= 0.6 is 0 Å². The van der Waals surface area contributed by atoms with Gasteiger partial charge in [0.15, 0.2) is 9.84 Å². The molecule has 15 heavy (non-hydrogen) atoms. The van der Waals surface area contributed by atoms with E-state index in [4.69, 9.17) is 4.74 Å². The molecule has 0 saturated heterocycles. The average Bonchev–Trinajstić information content (AvgIpc) is 2.17. The highest BCUT2D eigenvalue weighted by Gasteiger charge is 2.12. The minimum atomic E-state index is -2.86. The molecule has 1 atom stereocenters. The molecule has 1 unspecified atom stereocenters. The SMILES string of the molecule is CCOCCCNC(C)CS(=O)(=O)CC. The van der Waals surface area contributed by atoms with Gasteiger partial charge in [0.2, 0.25) is 0 Å². The van der Waals surface area contributed by atoms with Crippen LogP contribution in [0.5, 0.6) is 0 Å². The molecule has 5 heteroatoms. The van der Waals surface area contributed by atoms with Crippen LogP contribution in [0.15, 0.2) is 0 Å². The first-order valence-electron chi connectivity index (χ1n) is 5.53. The van der Waals surface area contributed by atoms with Gasteiger partial charge in [0.1, 0.15) is 0 Å². The van der Waals surface area contributed by atoms with Gasteiger partial charge < -0.3 is 10.1 Å². The molecule has 0 fully saturated rings. The topological polar surface area (TPSA) is 55.4 Å². The van der Waals surface area contributed by atoms with Crippen LogP contribution in [0, 0.1) is 0 Å². The average molecular weight is 237 g/mol. The summed E-state index contributed by atoms with van der Waals surface area (Å²) in [6, 6.07) is 0.0246. The molecule has 0 aromatic heterocycles. The van der Waals surface area contributed by atoms with Gasteiger partial charge in [-0.1, -0.05) is 6.92 Å². The van der Waals surface area contributed by atoms with Gasteiger partial charge in [0.25, 0.3) is 0 Å². The zero-order valence-electron chi connectivity index (χ0n) is 9.95. The van der Waals surface area contributed by atoms with Gasteiger partial charge in [-0.2, -0.15) is 0 Å². The molecule has 0 saturated carbocycles. The number of ether oxygens (including phenoxy) is 1. The third-order valence-corrected chi connectivity index (χ3v) is 3.99. The van der Waals surface area contributed by atoms with Crippen LogP contribution in [0.4, 0.5) is 0 Å². The molecule has 1 N–H and O–H groups in total. The van der Waals surface area contributed by atoms with Crippen molar-refractivity contribution in [1.82, 2.24) is 5.32 Å². The summed E-state index contributed by atoms with van der Waals surface area (Å²) in [6.07, 6.45) is 0.921. The minimum absolute atomic E-state index is 0.0246. The maximum absolute atomic E-state index is 11.3. The minimum Gasteiger partial charge on any atom is -0.382 e. The van der Waals surface area contributed by atoms with E-state index in [1.807, 2.05) is 13.8 Å². The Bertz CT molecular complexity index is 239. The van der Waals surface area contributed by atoms with Gasteiger partial charge in [0, 0.05) is 25.0 Å². The molecular weight excluding hydrogens is 214 g/mol. The molecule has 0 aliphatic carbocycles. The lowest BCUT2D eigenvalue weighted by atomic mass is 10.3. The van der Waals surface area contributed by atoms with Crippen molar-refractivity contribution in [1.29, 1.82) is 0 Å². The number of hydrogen-bond donors (Lipinski definition) is 1. The zero-order chi connectivity index (χ0) is 11.7. The van der Waals surface area contributed by atoms with Crippen LogP contribution in [0.2, 0.25) is 0 Å². The highest BCUT2D eigenvalue weighted by molar-refractivity contribution is 7.91. The van der Waals surface area contributed by atoms with Crippen molar-refractivity contribution >= 4 is 9.84 Å². The Hall–Kier alpha value is -0.130. The zero-order valence-corrected chi connectivity index (χ0v) is 10.8. The number of sulfone groups is 1. The smallest absolute Gasteiger partial charge is 0.151 e. The summed E-state index contributed by atoms with van der Waals surface area (Å²) < 4.78 is 27.7. The van der Waals surface area contributed by atoms with E-state index >= 15 is 0 Å². The van der Waals surface area contributed by atoms with Gasteiger partial charge in [0.05, 0.1) is 5.75 Å². The fraction of sp³-hybridized carbons (Fsp3) is 1.00. The second-order valence-corrected chi connectivity index (χ2v) is 6.00. The summed E-state index contributed by atoms with van der Waals surface area (Å²) in [5, 5.41) is 3.17. The Morgan fingerprint density at radius 3 is 2.53 bits per heavy atom. The van der Waals surface area contributed by atoms with Crippen molar-refractivity contribution in [3.8, 4) is 0 Å². The monoisotopic (exact) mass is 237 g/mol. The van der Waals surface area contributed by atoms with E-state index < -0.39 is 9.84 Å². The third-order valence-electron chi connectivity index (χ3n) is 2.11. The van der Waals surface area contributed by atoms with E-state index in [1.54, 1.807) is 6.92 Å². The molecule has 0 rings (SSSR count). The van der Waals surface area contributed by atoms with E-state index in [9.17, 15) is 8.42 Å². The van der Waals surface area contributed by atoms with Crippen LogP contribution in [0.1, 0.15) is 27.2 Å². The second-order valence-electron chi connectivity index (χ2n) is 3.60. The molecular formula is C10H23NO3S. The Balaban J connectivity index is 3.54. The highest BCUT2D eigenvalue weighted by Crippen LogP contribution is 1.94. The molecule has 0 bridgehead atoms. The van der Waals surface area contributed by atoms with Gasteiger partial charge in [-0.05, 0) is 26.8 Å². The number of hydrogen-bond acceptors (Lipinski definition) is 4. The van der Waals surface area contributed by atoms with Crippen molar-refractivity contribution in [2.24, 2.45) is 0 Å². The van der Waals surface area contributed by atoms with Crippen molar-refractivity contribution in [3.05, 3.63) is 0 Å². The lowest BCUT2D eigenvalue weighted by Crippen LogP contribution is -2.34. The molecule has 0 heterocycles. The van der Waals surface area contributed by atoms with E-state index in [0.717, 1.165) is 26.2 Å². The summed E-state index contributed by atoms with van der Waals surface area (Å²) in [4.78, 5) is 0. The molecule has 0 aliphatic heterocycles. The lowest BCUT2D eigenvalue weighted by Gasteiger charge is -2.13. The summed E-state index contributed by atoms with van der Waals surface area (Å²) in [5.41, 5.74) is 0. The van der Waals surface area contributed by atoms with Gasteiger partial charge in [-0.3, -0.25) is 0 Å².